The molecule has 118 valence electrons. The van der Waals surface area contributed by atoms with Crippen molar-refractivity contribution in [3.05, 3.63) is 70.6 Å². The number of H-pyrrole nitrogens is 1. The van der Waals surface area contributed by atoms with E-state index in [1.54, 1.807) is 12.3 Å². The van der Waals surface area contributed by atoms with Crippen molar-refractivity contribution in [3.8, 4) is 11.6 Å². The highest BCUT2D eigenvalue weighted by Gasteiger charge is 2.04. The Hall–Kier alpha value is -2.61. The van der Waals surface area contributed by atoms with Crippen LogP contribution in [0.4, 0.5) is 11.6 Å². The van der Waals surface area contributed by atoms with E-state index in [0.717, 1.165) is 25.9 Å². The largest absolute Gasteiger partial charge is 0.439 e. The molecular weight excluding hydrogens is 415 g/mol. The molecule has 0 spiro atoms. The van der Waals surface area contributed by atoms with Gasteiger partial charge in [0, 0.05) is 38.6 Å². The van der Waals surface area contributed by atoms with Crippen molar-refractivity contribution in [3.63, 3.8) is 0 Å². The normalized spacial score (nSPS) is 10.7. The van der Waals surface area contributed by atoms with Crippen molar-refractivity contribution < 1.29 is 4.74 Å². The number of ether oxygens (including phenoxy) is 1. The van der Waals surface area contributed by atoms with Gasteiger partial charge in [-0.3, -0.25) is 0 Å². The van der Waals surface area contributed by atoms with E-state index in [2.05, 4.69) is 42.9 Å². The van der Waals surface area contributed by atoms with Crippen molar-refractivity contribution in [1.82, 2.24) is 15.0 Å². The number of halogens is 1. The molecule has 2 N–H and O–H groups in total. The van der Waals surface area contributed by atoms with Crippen molar-refractivity contribution in [2.24, 2.45) is 0 Å². The zero-order valence-corrected chi connectivity index (χ0v) is 14.7. The molecule has 4 rings (SSSR count). The van der Waals surface area contributed by atoms with Crippen LogP contribution in [0.15, 0.2) is 67.0 Å². The summed E-state index contributed by atoms with van der Waals surface area (Å²) >= 11 is 2.27. The summed E-state index contributed by atoms with van der Waals surface area (Å²) in [4.78, 5) is 11.8. The molecule has 0 radical (unpaired) electrons. The van der Waals surface area contributed by atoms with E-state index < -0.39 is 0 Å². The van der Waals surface area contributed by atoms with Crippen LogP contribution in [0.25, 0.3) is 10.9 Å². The second kappa shape index (κ2) is 6.48. The fourth-order valence-electron chi connectivity index (χ4n) is 2.37. The highest BCUT2D eigenvalue weighted by molar-refractivity contribution is 14.1. The number of benzene rings is 2. The van der Waals surface area contributed by atoms with Gasteiger partial charge in [-0.15, -0.1) is 0 Å². The summed E-state index contributed by atoms with van der Waals surface area (Å²) in [6, 6.07) is 17.6. The molecular formula is C18H13IN4O. The van der Waals surface area contributed by atoms with Gasteiger partial charge in [-0.25, -0.2) is 4.98 Å². The van der Waals surface area contributed by atoms with Gasteiger partial charge >= 0.3 is 0 Å². The summed E-state index contributed by atoms with van der Waals surface area (Å²) in [7, 11) is 0. The van der Waals surface area contributed by atoms with E-state index in [1.807, 2.05) is 54.7 Å². The van der Waals surface area contributed by atoms with E-state index in [1.165, 1.54) is 0 Å². The highest BCUT2D eigenvalue weighted by Crippen LogP contribution is 2.25. The molecule has 0 bridgehead atoms. The Morgan fingerprint density at radius 3 is 2.92 bits per heavy atom. The molecule has 0 aliphatic carbocycles. The van der Waals surface area contributed by atoms with Crippen LogP contribution >= 0.6 is 22.6 Å². The molecule has 0 atom stereocenters. The predicted molar refractivity (Wildman–Crippen MR) is 103 cm³/mol. The Labute approximate surface area is 152 Å². The number of aromatic nitrogens is 3. The second-order valence-corrected chi connectivity index (χ2v) is 6.43. The summed E-state index contributed by atoms with van der Waals surface area (Å²) < 4.78 is 6.99. The van der Waals surface area contributed by atoms with E-state index in [9.17, 15) is 0 Å². The average Bonchev–Trinajstić information content (AvgIpc) is 3.03. The zero-order valence-electron chi connectivity index (χ0n) is 12.5. The predicted octanol–water partition coefficient (Wildman–Crippen LogP) is 5.10. The molecule has 24 heavy (non-hydrogen) atoms. The fraction of sp³-hybridized carbons (Fsp3) is 0. The van der Waals surface area contributed by atoms with E-state index in [4.69, 9.17) is 4.74 Å². The van der Waals surface area contributed by atoms with Gasteiger partial charge in [0.15, 0.2) is 0 Å². The number of rotatable bonds is 4. The number of nitrogens with zero attached hydrogens (tertiary/aromatic N) is 2. The Morgan fingerprint density at radius 2 is 2.00 bits per heavy atom. The summed E-state index contributed by atoms with van der Waals surface area (Å²) in [6.07, 6.45) is 3.58. The van der Waals surface area contributed by atoms with E-state index in [0.29, 0.717) is 11.8 Å². The first-order chi connectivity index (χ1) is 11.8. The molecule has 4 aromatic rings. The third kappa shape index (κ3) is 3.33. The maximum atomic E-state index is 5.85. The summed E-state index contributed by atoms with van der Waals surface area (Å²) in [6.45, 7) is 0. The van der Waals surface area contributed by atoms with E-state index in [-0.39, 0.29) is 0 Å². The van der Waals surface area contributed by atoms with Crippen LogP contribution in [0.2, 0.25) is 0 Å². The van der Waals surface area contributed by atoms with Gasteiger partial charge < -0.3 is 15.0 Å². The molecule has 6 heteroatoms. The minimum Gasteiger partial charge on any atom is -0.439 e. The smallest absolute Gasteiger partial charge is 0.230 e. The van der Waals surface area contributed by atoms with Crippen molar-refractivity contribution in [2.45, 2.75) is 0 Å². The SMILES string of the molecule is Ic1cccc(Nc2nccc(Oc3ccc4[nH]ccc4c3)n2)c1. The zero-order chi connectivity index (χ0) is 16.4. The molecule has 0 aliphatic rings. The Balaban J connectivity index is 1.55. The van der Waals surface area contributed by atoms with Gasteiger partial charge in [0.2, 0.25) is 11.8 Å². The lowest BCUT2D eigenvalue weighted by Gasteiger charge is -2.08. The van der Waals surface area contributed by atoms with Gasteiger partial charge in [-0.1, -0.05) is 6.07 Å². The highest BCUT2D eigenvalue weighted by atomic mass is 127. The van der Waals surface area contributed by atoms with Crippen LogP contribution in [0.1, 0.15) is 0 Å². The summed E-state index contributed by atoms with van der Waals surface area (Å²) in [5.74, 6) is 1.73. The quantitative estimate of drug-likeness (QED) is 0.444. The van der Waals surface area contributed by atoms with Gasteiger partial charge in [0.25, 0.3) is 0 Å². The Bertz CT molecular complexity index is 999. The molecule has 0 saturated heterocycles. The van der Waals surface area contributed by atoms with Crippen molar-refractivity contribution in [2.75, 3.05) is 5.32 Å². The van der Waals surface area contributed by atoms with Gasteiger partial charge in [0.1, 0.15) is 5.75 Å². The monoisotopic (exact) mass is 428 g/mol. The van der Waals surface area contributed by atoms with Gasteiger partial charge in [-0.05, 0) is 65.1 Å². The van der Waals surface area contributed by atoms with Gasteiger partial charge in [-0.2, -0.15) is 4.98 Å². The van der Waals surface area contributed by atoms with Crippen LogP contribution < -0.4 is 10.1 Å². The molecule has 2 heterocycles. The van der Waals surface area contributed by atoms with Crippen LogP contribution in [0, 0.1) is 3.57 Å². The lowest BCUT2D eigenvalue weighted by molar-refractivity contribution is 0.463. The first-order valence-corrected chi connectivity index (χ1v) is 8.45. The third-order valence-corrected chi connectivity index (χ3v) is 4.13. The Kier molecular flexibility index (Phi) is 4.04. The summed E-state index contributed by atoms with van der Waals surface area (Å²) in [5.41, 5.74) is 2.01. The summed E-state index contributed by atoms with van der Waals surface area (Å²) in [5, 5.41) is 4.28. The fourth-order valence-corrected chi connectivity index (χ4v) is 2.91. The molecule has 5 nitrogen and oxygen atoms in total. The molecule has 2 aromatic heterocycles. The first kappa shape index (κ1) is 14.9. The van der Waals surface area contributed by atoms with Crippen LogP contribution in [0.3, 0.4) is 0 Å². The Morgan fingerprint density at radius 1 is 1.04 bits per heavy atom. The molecule has 0 saturated carbocycles. The molecule has 0 aliphatic heterocycles. The minimum absolute atomic E-state index is 0.494. The van der Waals surface area contributed by atoms with Crippen LogP contribution in [-0.4, -0.2) is 15.0 Å². The molecule has 0 amide bonds. The number of fused-ring (bicyclic) bond motifs is 1. The van der Waals surface area contributed by atoms with Crippen molar-refractivity contribution in [1.29, 1.82) is 0 Å². The number of hydrogen-bond acceptors (Lipinski definition) is 4. The number of nitrogens with one attached hydrogen (secondary N) is 2. The lowest BCUT2D eigenvalue weighted by Crippen LogP contribution is -1.98. The maximum absolute atomic E-state index is 5.85. The average molecular weight is 428 g/mol. The molecule has 2 aromatic carbocycles. The topological polar surface area (TPSA) is 62.8 Å². The molecule has 0 fully saturated rings. The maximum Gasteiger partial charge on any atom is 0.230 e. The van der Waals surface area contributed by atoms with Crippen LogP contribution in [0.5, 0.6) is 11.6 Å². The standard InChI is InChI=1S/C18H13IN4O/c19-13-2-1-3-14(11-13)22-18-21-9-7-17(23-18)24-15-4-5-16-12(10-15)6-8-20-16/h1-11,20H,(H,21,22,23). The third-order valence-electron chi connectivity index (χ3n) is 3.46. The van der Waals surface area contributed by atoms with Crippen molar-refractivity contribution >= 4 is 45.1 Å². The first-order valence-electron chi connectivity index (χ1n) is 7.37. The lowest BCUT2D eigenvalue weighted by atomic mass is 10.2. The van der Waals surface area contributed by atoms with Crippen LogP contribution in [-0.2, 0) is 0 Å². The van der Waals surface area contributed by atoms with E-state index >= 15 is 0 Å². The minimum atomic E-state index is 0.494. The number of anilines is 2. The van der Waals surface area contributed by atoms with Gasteiger partial charge in [0.05, 0.1) is 0 Å². The second-order valence-electron chi connectivity index (χ2n) is 5.18. The number of aromatic amines is 1. The number of hydrogen-bond donors (Lipinski definition) is 2. The molecule has 0 unspecified atom stereocenters.